The summed E-state index contributed by atoms with van der Waals surface area (Å²) in [5, 5.41) is 9.12. The minimum absolute atomic E-state index is 0.0995. The molecule has 1 aromatic rings. The van der Waals surface area contributed by atoms with Crippen molar-refractivity contribution >= 4 is 17.6 Å². The van der Waals surface area contributed by atoms with Crippen LogP contribution in [0.1, 0.15) is 20.8 Å². The quantitative estimate of drug-likeness (QED) is 0.548. The van der Waals surface area contributed by atoms with Gasteiger partial charge in [-0.3, -0.25) is 4.79 Å². The second-order valence-electron chi connectivity index (χ2n) is 4.88. The number of benzene rings is 1. The first-order chi connectivity index (χ1) is 9.61. The number of carbonyl (C=O) groups excluding carboxylic acids is 1. The van der Waals surface area contributed by atoms with E-state index in [0.29, 0.717) is 11.9 Å². The highest BCUT2D eigenvalue weighted by Crippen LogP contribution is 2.04. The van der Waals surface area contributed by atoms with E-state index >= 15 is 0 Å². The summed E-state index contributed by atoms with van der Waals surface area (Å²) < 4.78 is 0. The first kappa shape index (κ1) is 16.0. The van der Waals surface area contributed by atoms with Gasteiger partial charge in [-0.1, -0.05) is 32.0 Å². The predicted molar refractivity (Wildman–Crippen MR) is 83.9 cm³/mol. The van der Waals surface area contributed by atoms with Gasteiger partial charge in [0, 0.05) is 18.8 Å². The van der Waals surface area contributed by atoms with Gasteiger partial charge < -0.3 is 16.0 Å². The van der Waals surface area contributed by atoms with Gasteiger partial charge in [0.25, 0.3) is 0 Å². The van der Waals surface area contributed by atoms with Crippen LogP contribution in [0.5, 0.6) is 0 Å². The highest BCUT2D eigenvalue weighted by molar-refractivity contribution is 5.94. The Hall–Kier alpha value is -2.04. The molecule has 0 aliphatic heterocycles. The average Bonchev–Trinajstić information content (AvgIpc) is 2.43. The summed E-state index contributed by atoms with van der Waals surface area (Å²) in [7, 11) is 0. The number of rotatable bonds is 6. The number of anilines is 1. The van der Waals surface area contributed by atoms with E-state index in [9.17, 15) is 4.79 Å². The van der Waals surface area contributed by atoms with Crippen LogP contribution in [0.4, 0.5) is 5.69 Å². The molecule has 5 nitrogen and oxygen atoms in total. The van der Waals surface area contributed by atoms with Crippen LogP contribution in [0.3, 0.4) is 0 Å². The molecule has 0 heterocycles. The van der Waals surface area contributed by atoms with E-state index in [2.05, 4.69) is 34.8 Å². The van der Waals surface area contributed by atoms with Gasteiger partial charge in [0.15, 0.2) is 5.96 Å². The van der Waals surface area contributed by atoms with Crippen molar-refractivity contribution in [2.24, 2.45) is 10.9 Å². The van der Waals surface area contributed by atoms with Crippen molar-refractivity contribution in [3.05, 3.63) is 30.3 Å². The lowest BCUT2D eigenvalue weighted by Crippen LogP contribution is -2.39. The van der Waals surface area contributed by atoms with Crippen molar-refractivity contribution in [3.8, 4) is 0 Å². The van der Waals surface area contributed by atoms with Gasteiger partial charge in [-0.05, 0) is 25.0 Å². The molecule has 0 bridgehead atoms. The van der Waals surface area contributed by atoms with E-state index < -0.39 is 0 Å². The first-order valence-electron chi connectivity index (χ1n) is 6.99. The Morgan fingerprint density at radius 3 is 2.50 bits per heavy atom. The third-order valence-corrected chi connectivity index (χ3v) is 2.46. The molecular weight excluding hydrogens is 252 g/mol. The van der Waals surface area contributed by atoms with Crippen LogP contribution >= 0.6 is 0 Å². The lowest BCUT2D eigenvalue weighted by molar-refractivity contribution is -0.114. The number of carbonyl (C=O) groups is 1. The van der Waals surface area contributed by atoms with Crippen LogP contribution in [0, 0.1) is 5.92 Å². The molecule has 1 aromatic carbocycles. The Kier molecular flexibility index (Phi) is 7.17. The maximum Gasteiger partial charge on any atom is 0.246 e. The lowest BCUT2D eigenvalue weighted by Gasteiger charge is -2.12. The molecule has 0 radical (unpaired) electrons. The Morgan fingerprint density at radius 2 is 1.90 bits per heavy atom. The molecule has 1 amide bonds. The van der Waals surface area contributed by atoms with Gasteiger partial charge in [-0.2, -0.15) is 0 Å². The number of para-hydroxylation sites is 1. The van der Waals surface area contributed by atoms with Crippen LogP contribution < -0.4 is 16.0 Å². The Balaban J connectivity index is 2.47. The minimum Gasteiger partial charge on any atom is -0.357 e. The molecule has 1 rings (SSSR count). The molecule has 0 aromatic heterocycles. The summed E-state index contributed by atoms with van der Waals surface area (Å²) in [6.45, 7) is 7.94. The van der Waals surface area contributed by atoms with E-state index in [-0.39, 0.29) is 12.5 Å². The summed E-state index contributed by atoms with van der Waals surface area (Å²) in [5.74, 6) is 1.07. The van der Waals surface area contributed by atoms with Crippen molar-refractivity contribution in [2.45, 2.75) is 20.8 Å². The third kappa shape index (κ3) is 6.78. The van der Waals surface area contributed by atoms with Gasteiger partial charge in [0.1, 0.15) is 6.54 Å². The molecule has 0 unspecified atom stereocenters. The summed E-state index contributed by atoms with van der Waals surface area (Å²) in [6, 6.07) is 9.38. The molecule has 110 valence electrons. The van der Waals surface area contributed by atoms with E-state index in [0.717, 1.165) is 18.8 Å². The fourth-order valence-electron chi connectivity index (χ4n) is 1.52. The minimum atomic E-state index is -0.127. The van der Waals surface area contributed by atoms with Gasteiger partial charge in [-0.15, -0.1) is 0 Å². The number of amides is 1. The van der Waals surface area contributed by atoms with E-state index in [1.54, 1.807) is 0 Å². The SMILES string of the molecule is CCNC(=NCC(=O)Nc1ccccc1)NCC(C)C. The molecule has 0 saturated heterocycles. The van der Waals surface area contributed by atoms with Gasteiger partial charge in [0.05, 0.1) is 0 Å². The summed E-state index contributed by atoms with van der Waals surface area (Å²) in [6.07, 6.45) is 0. The van der Waals surface area contributed by atoms with Crippen LogP contribution in [0.25, 0.3) is 0 Å². The van der Waals surface area contributed by atoms with E-state index in [1.807, 2.05) is 37.3 Å². The Bertz CT molecular complexity index is 429. The van der Waals surface area contributed by atoms with Crippen LogP contribution in [0.2, 0.25) is 0 Å². The number of guanidine groups is 1. The zero-order valence-corrected chi connectivity index (χ0v) is 12.4. The van der Waals surface area contributed by atoms with Crippen molar-refractivity contribution in [1.29, 1.82) is 0 Å². The fraction of sp³-hybridized carbons (Fsp3) is 0.467. The van der Waals surface area contributed by atoms with E-state index in [1.165, 1.54) is 0 Å². The van der Waals surface area contributed by atoms with E-state index in [4.69, 9.17) is 0 Å². The molecule has 0 saturated carbocycles. The molecular formula is C15H24N4O. The van der Waals surface area contributed by atoms with Crippen molar-refractivity contribution in [3.63, 3.8) is 0 Å². The maximum absolute atomic E-state index is 11.8. The number of nitrogens with one attached hydrogen (secondary N) is 3. The number of aliphatic imine (C=N–C) groups is 1. The summed E-state index contributed by atoms with van der Waals surface area (Å²) >= 11 is 0. The highest BCUT2D eigenvalue weighted by Gasteiger charge is 2.03. The molecule has 20 heavy (non-hydrogen) atoms. The topological polar surface area (TPSA) is 65.5 Å². The standard InChI is InChI=1S/C15H24N4O/c1-4-16-15(17-10-12(2)3)18-11-14(20)19-13-8-6-5-7-9-13/h5-9,12H,4,10-11H2,1-3H3,(H,19,20)(H2,16,17,18). The maximum atomic E-state index is 11.8. The van der Waals surface area contributed by atoms with Crippen molar-refractivity contribution in [1.82, 2.24) is 10.6 Å². The Morgan fingerprint density at radius 1 is 1.20 bits per heavy atom. The lowest BCUT2D eigenvalue weighted by atomic mass is 10.2. The Labute approximate surface area is 120 Å². The molecule has 0 atom stereocenters. The normalized spacial score (nSPS) is 11.3. The van der Waals surface area contributed by atoms with Gasteiger partial charge in [-0.25, -0.2) is 4.99 Å². The highest BCUT2D eigenvalue weighted by atomic mass is 16.1. The largest absolute Gasteiger partial charge is 0.357 e. The molecule has 0 aliphatic carbocycles. The zero-order chi connectivity index (χ0) is 14.8. The van der Waals surface area contributed by atoms with Gasteiger partial charge in [0.2, 0.25) is 5.91 Å². The molecule has 5 heteroatoms. The average molecular weight is 276 g/mol. The molecule has 0 fully saturated rings. The van der Waals surface area contributed by atoms with Crippen LogP contribution in [-0.2, 0) is 4.79 Å². The molecule has 3 N–H and O–H groups in total. The van der Waals surface area contributed by atoms with Crippen LogP contribution in [0.15, 0.2) is 35.3 Å². The number of nitrogens with zero attached hydrogens (tertiary/aromatic N) is 1. The van der Waals surface area contributed by atoms with Gasteiger partial charge >= 0.3 is 0 Å². The van der Waals surface area contributed by atoms with Crippen LogP contribution in [-0.4, -0.2) is 31.5 Å². The predicted octanol–water partition coefficient (Wildman–Crippen LogP) is 1.84. The molecule has 0 aliphatic rings. The second-order valence-corrected chi connectivity index (χ2v) is 4.88. The summed E-state index contributed by atoms with van der Waals surface area (Å²) in [5.41, 5.74) is 0.785. The monoisotopic (exact) mass is 276 g/mol. The summed E-state index contributed by atoms with van der Waals surface area (Å²) in [4.78, 5) is 16.0. The number of hydrogen-bond donors (Lipinski definition) is 3. The smallest absolute Gasteiger partial charge is 0.246 e. The first-order valence-corrected chi connectivity index (χ1v) is 6.99. The zero-order valence-electron chi connectivity index (χ0n) is 12.4. The second kappa shape index (κ2) is 8.96. The third-order valence-electron chi connectivity index (χ3n) is 2.46. The van der Waals surface area contributed by atoms with Crippen molar-refractivity contribution in [2.75, 3.05) is 25.0 Å². The number of hydrogen-bond acceptors (Lipinski definition) is 2. The molecule has 0 spiro atoms. The fourth-order valence-corrected chi connectivity index (χ4v) is 1.52. The van der Waals surface area contributed by atoms with Crippen molar-refractivity contribution < 1.29 is 4.79 Å².